The lowest BCUT2D eigenvalue weighted by molar-refractivity contribution is 0.0921. The molecule has 4 rings (SSSR count). The number of Topliss-reactive ketones (excluding diaryl/α,β-unsaturated/α-hetero) is 1. The number of carbonyl (C=O) groups excluding carboxylic acids is 1. The summed E-state index contributed by atoms with van der Waals surface area (Å²) in [4.78, 5) is 17.6. The summed E-state index contributed by atoms with van der Waals surface area (Å²) >= 11 is 0. The minimum absolute atomic E-state index is 0.201. The summed E-state index contributed by atoms with van der Waals surface area (Å²) in [6.07, 6.45) is 7.37. The molecule has 2 aliphatic rings. The SMILES string of the molecule is O=C(CN1CCCC1c1cccc(OCCCN2CCCCC2)c1)c1ccccc1. The van der Waals surface area contributed by atoms with Crippen molar-refractivity contribution < 1.29 is 9.53 Å². The molecule has 0 amide bonds. The number of rotatable bonds is 9. The molecule has 1 unspecified atom stereocenters. The Morgan fingerprint density at radius 1 is 0.933 bits per heavy atom. The Kier molecular flexibility index (Phi) is 7.54. The molecule has 1 atom stereocenters. The zero-order valence-electron chi connectivity index (χ0n) is 18.0. The van der Waals surface area contributed by atoms with Gasteiger partial charge >= 0.3 is 0 Å². The number of ketones is 1. The van der Waals surface area contributed by atoms with E-state index in [2.05, 4.69) is 34.1 Å². The molecule has 0 saturated carbocycles. The van der Waals surface area contributed by atoms with Crippen LogP contribution in [0, 0.1) is 0 Å². The van der Waals surface area contributed by atoms with Crippen LogP contribution < -0.4 is 4.74 Å². The molecule has 2 heterocycles. The van der Waals surface area contributed by atoms with Crippen molar-refractivity contribution in [3.05, 3.63) is 65.7 Å². The Balaban J connectivity index is 1.30. The number of hydrogen-bond donors (Lipinski definition) is 0. The summed E-state index contributed by atoms with van der Waals surface area (Å²) in [5.41, 5.74) is 2.07. The molecule has 0 spiro atoms. The lowest BCUT2D eigenvalue weighted by Crippen LogP contribution is -2.31. The van der Waals surface area contributed by atoms with Crippen LogP contribution in [0.2, 0.25) is 0 Å². The maximum absolute atomic E-state index is 12.7. The highest BCUT2D eigenvalue weighted by Gasteiger charge is 2.28. The molecule has 0 aliphatic carbocycles. The van der Waals surface area contributed by atoms with Gasteiger partial charge in [-0.25, -0.2) is 0 Å². The van der Waals surface area contributed by atoms with E-state index in [0.29, 0.717) is 12.6 Å². The molecule has 0 aromatic heterocycles. The molecule has 4 heteroatoms. The van der Waals surface area contributed by atoms with E-state index >= 15 is 0 Å². The molecule has 0 radical (unpaired) electrons. The van der Waals surface area contributed by atoms with Crippen LogP contribution in [0.5, 0.6) is 5.75 Å². The lowest BCUT2D eigenvalue weighted by atomic mass is 10.0. The van der Waals surface area contributed by atoms with Gasteiger partial charge in [-0.15, -0.1) is 0 Å². The van der Waals surface area contributed by atoms with E-state index in [1.807, 2.05) is 30.3 Å². The Hall–Kier alpha value is -2.17. The van der Waals surface area contributed by atoms with Gasteiger partial charge in [0.25, 0.3) is 0 Å². The van der Waals surface area contributed by atoms with E-state index < -0.39 is 0 Å². The van der Waals surface area contributed by atoms with Gasteiger partial charge in [0.2, 0.25) is 0 Å². The summed E-state index contributed by atoms with van der Waals surface area (Å²) < 4.78 is 6.07. The molecule has 2 aliphatic heterocycles. The van der Waals surface area contributed by atoms with Crippen LogP contribution in [0.1, 0.15) is 60.5 Å². The first-order valence-electron chi connectivity index (χ1n) is 11.6. The zero-order valence-corrected chi connectivity index (χ0v) is 18.0. The normalized spacial score (nSPS) is 20.3. The van der Waals surface area contributed by atoms with E-state index in [1.165, 1.54) is 37.9 Å². The van der Waals surface area contributed by atoms with Gasteiger partial charge in [-0.2, -0.15) is 0 Å². The maximum Gasteiger partial charge on any atom is 0.176 e. The molecule has 0 N–H and O–H groups in total. The number of hydrogen-bond acceptors (Lipinski definition) is 4. The summed E-state index contributed by atoms with van der Waals surface area (Å²) in [5.74, 6) is 1.15. The van der Waals surface area contributed by atoms with Crippen molar-refractivity contribution >= 4 is 5.78 Å². The number of piperidine rings is 1. The molecule has 2 aromatic carbocycles. The van der Waals surface area contributed by atoms with E-state index in [9.17, 15) is 4.79 Å². The van der Waals surface area contributed by atoms with Crippen LogP contribution in [-0.2, 0) is 0 Å². The third-order valence-corrected chi connectivity index (χ3v) is 6.39. The third kappa shape index (κ3) is 5.71. The van der Waals surface area contributed by atoms with Crippen molar-refractivity contribution in [1.82, 2.24) is 9.80 Å². The number of carbonyl (C=O) groups is 1. The minimum atomic E-state index is 0.201. The number of ether oxygens (including phenoxy) is 1. The topological polar surface area (TPSA) is 32.8 Å². The van der Waals surface area contributed by atoms with Crippen LogP contribution in [0.15, 0.2) is 54.6 Å². The van der Waals surface area contributed by atoms with Crippen LogP contribution >= 0.6 is 0 Å². The largest absolute Gasteiger partial charge is 0.494 e. The van der Waals surface area contributed by atoms with E-state index in [-0.39, 0.29) is 5.78 Å². The second-order valence-corrected chi connectivity index (χ2v) is 8.59. The van der Waals surface area contributed by atoms with Crippen molar-refractivity contribution in [2.75, 3.05) is 39.3 Å². The van der Waals surface area contributed by atoms with Gasteiger partial charge in [0, 0.05) is 18.2 Å². The van der Waals surface area contributed by atoms with Crippen molar-refractivity contribution in [1.29, 1.82) is 0 Å². The van der Waals surface area contributed by atoms with Crippen LogP contribution in [0.3, 0.4) is 0 Å². The molecule has 30 heavy (non-hydrogen) atoms. The average molecular weight is 407 g/mol. The third-order valence-electron chi connectivity index (χ3n) is 6.39. The first kappa shape index (κ1) is 21.1. The monoisotopic (exact) mass is 406 g/mol. The van der Waals surface area contributed by atoms with Gasteiger partial charge < -0.3 is 9.64 Å². The second-order valence-electron chi connectivity index (χ2n) is 8.59. The smallest absolute Gasteiger partial charge is 0.176 e. The minimum Gasteiger partial charge on any atom is -0.494 e. The standard InChI is InChI=1S/C26H34N2O2/c29-26(22-10-3-1-4-11-22)21-28-18-8-14-25(28)23-12-7-13-24(20-23)30-19-9-17-27-15-5-2-6-16-27/h1,3-4,7,10-13,20,25H,2,5-6,8-9,14-19,21H2. The number of likely N-dealkylation sites (tertiary alicyclic amines) is 2. The van der Waals surface area contributed by atoms with Gasteiger partial charge in [0.15, 0.2) is 5.78 Å². The van der Waals surface area contributed by atoms with E-state index in [1.54, 1.807) is 0 Å². The quantitative estimate of drug-likeness (QED) is 0.435. The zero-order chi connectivity index (χ0) is 20.6. The fraction of sp³-hybridized carbons (Fsp3) is 0.500. The molecule has 2 fully saturated rings. The fourth-order valence-electron chi connectivity index (χ4n) is 4.77. The molecule has 160 valence electrons. The van der Waals surface area contributed by atoms with Crippen LogP contribution in [-0.4, -0.2) is 54.9 Å². The summed E-state index contributed by atoms with van der Waals surface area (Å²) in [5, 5.41) is 0. The highest BCUT2D eigenvalue weighted by Crippen LogP contribution is 2.33. The Bertz CT molecular complexity index is 802. The predicted molar refractivity (Wildman–Crippen MR) is 121 cm³/mol. The van der Waals surface area contributed by atoms with Gasteiger partial charge in [0.1, 0.15) is 5.75 Å². The highest BCUT2D eigenvalue weighted by atomic mass is 16.5. The summed E-state index contributed by atoms with van der Waals surface area (Å²) in [6, 6.07) is 18.4. The van der Waals surface area contributed by atoms with Crippen molar-refractivity contribution in [3.63, 3.8) is 0 Å². The first-order valence-corrected chi connectivity index (χ1v) is 11.6. The predicted octanol–water partition coefficient (Wildman–Crippen LogP) is 4.96. The van der Waals surface area contributed by atoms with Crippen molar-refractivity contribution in [3.8, 4) is 5.75 Å². The van der Waals surface area contributed by atoms with Gasteiger partial charge in [-0.3, -0.25) is 9.69 Å². The number of nitrogens with zero attached hydrogens (tertiary/aromatic N) is 2. The van der Waals surface area contributed by atoms with Crippen molar-refractivity contribution in [2.24, 2.45) is 0 Å². The second kappa shape index (κ2) is 10.7. The molecular weight excluding hydrogens is 372 g/mol. The molecule has 0 bridgehead atoms. The molecule has 4 nitrogen and oxygen atoms in total. The first-order chi connectivity index (χ1) is 14.8. The fourth-order valence-corrected chi connectivity index (χ4v) is 4.77. The van der Waals surface area contributed by atoms with Gasteiger partial charge in [-0.1, -0.05) is 48.9 Å². The maximum atomic E-state index is 12.7. The molecular formula is C26H34N2O2. The lowest BCUT2D eigenvalue weighted by Gasteiger charge is -2.26. The van der Waals surface area contributed by atoms with Crippen LogP contribution in [0.25, 0.3) is 0 Å². The Morgan fingerprint density at radius 2 is 1.77 bits per heavy atom. The van der Waals surface area contributed by atoms with Gasteiger partial charge in [0.05, 0.1) is 13.2 Å². The molecule has 2 saturated heterocycles. The Labute approximate surface area is 180 Å². The van der Waals surface area contributed by atoms with Crippen LogP contribution in [0.4, 0.5) is 0 Å². The van der Waals surface area contributed by atoms with Crippen molar-refractivity contribution in [2.45, 2.75) is 44.6 Å². The van der Waals surface area contributed by atoms with E-state index in [0.717, 1.165) is 50.3 Å². The van der Waals surface area contributed by atoms with E-state index in [4.69, 9.17) is 4.74 Å². The number of benzene rings is 2. The Morgan fingerprint density at radius 3 is 2.60 bits per heavy atom. The average Bonchev–Trinajstić information content (AvgIpc) is 3.26. The summed E-state index contributed by atoms with van der Waals surface area (Å²) in [6.45, 7) is 5.85. The highest BCUT2D eigenvalue weighted by molar-refractivity contribution is 5.97. The van der Waals surface area contributed by atoms with Gasteiger partial charge in [-0.05, 0) is 69.4 Å². The molecule has 2 aromatic rings. The summed E-state index contributed by atoms with van der Waals surface area (Å²) in [7, 11) is 0.